The van der Waals surface area contributed by atoms with E-state index in [-0.39, 0.29) is 6.10 Å². The van der Waals surface area contributed by atoms with Crippen LogP contribution < -0.4 is 5.32 Å². The Morgan fingerprint density at radius 2 is 2.23 bits per heavy atom. The van der Waals surface area contributed by atoms with E-state index in [0.29, 0.717) is 0 Å². The van der Waals surface area contributed by atoms with Crippen molar-refractivity contribution in [3.63, 3.8) is 0 Å². The van der Waals surface area contributed by atoms with E-state index in [0.717, 1.165) is 37.8 Å². The first kappa shape index (κ1) is 14.9. The molecule has 0 aromatic carbocycles. The van der Waals surface area contributed by atoms with Crippen molar-refractivity contribution in [3.05, 3.63) is 53.5 Å². The summed E-state index contributed by atoms with van der Waals surface area (Å²) >= 11 is 0. The third-order valence-corrected chi connectivity index (χ3v) is 3.94. The summed E-state index contributed by atoms with van der Waals surface area (Å²) in [6, 6.07) is 8.25. The van der Waals surface area contributed by atoms with E-state index < -0.39 is 0 Å². The first-order valence-electron chi connectivity index (χ1n) is 7.64. The molecule has 1 atom stereocenters. The van der Waals surface area contributed by atoms with Crippen molar-refractivity contribution < 1.29 is 4.74 Å². The highest BCUT2D eigenvalue weighted by Gasteiger charge is 2.23. The van der Waals surface area contributed by atoms with Gasteiger partial charge in [0, 0.05) is 44.6 Å². The Hall–Kier alpha value is -1.98. The molecule has 5 nitrogen and oxygen atoms in total. The van der Waals surface area contributed by atoms with Crippen LogP contribution in [-0.2, 0) is 11.3 Å². The molecule has 2 aromatic rings. The summed E-state index contributed by atoms with van der Waals surface area (Å²) in [6.45, 7) is 5.44. The lowest BCUT2D eigenvalue weighted by Gasteiger charge is -2.32. The van der Waals surface area contributed by atoms with Crippen molar-refractivity contribution in [3.8, 4) is 0 Å². The third kappa shape index (κ3) is 3.43. The predicted octanol–water partition coefficient (Wildman–Crippen LogP) is 2.40. The van der Waals surface area contributed by atoms with E-state index in [2.05, 4.69) is 38.4 Å². The second-order valence-electron chi connectivity index (χ2n) is 5.62. The summed E-state index contributed by atoms with van der Waals surface area (Å²) < 4.78 is 5.89. The number of ether oxygens (including phenoxy) is 1. The number of aryl methyl sites for hydroxylation is 1. The van der Waals surface area contributed by atoms with Crippen LogP contribution in [0.4, 0.5) is 5.82 Å². The van der Waals surface area contributed by atoms with E-state index >= 15 is 0 Å². The van der Waals surface area contributed by atoms with E-state index in [1.807, 2.05) is 32.4 Å². The van der Waals surface area contributed by atoms with Crippen LogP contribution in [0, 0.1) is 6.92 Å². The largest absolute Gasteiger partial charge is 0.373 e. The lowest BCUT2D eigenvalue weighted by Crippen LogP contribution is -2.38. The van der Waals surface area contributed by atoms with E-state index in [1.54, 1.807) is 0 Å². The van der Waals surface area contributed by atoms with Gasteiger partial charge in [-0.3, -0.25) is 9.88 Å². The molecule has 1 N–H and O–H groups in total. The summed E-state index contributed by atoms with van der Waals surface area (Å²) in [6.07, 6.45) is 3.76. The first-order chi connectivity index (χ1) is 10.8. The maximum absolute atomic E-state index is 5.89. The monoisotopic (exact) mass is 298 g/mol. The minimum Gasteiger partial charge on any atom is -0.373 e. The molecule has 1 aliphatic rings. The predicted molar refractivity (Wildman–Crippen MR) is 86.7 cm³/mol. The lowest BCUT2D eigenvalue weighted by atomic mass is 10.1. The van der Waals surface area contributed by atoms with Gasteiger partial charge in [-0.15, -0.1) is 0 Å². The van der Waals surface area contributed by atoms with Crippen molar-refractivity contribution >= 4 is 5.82 Å². The fraction of sp³-hybridized carbons (Fsp3) is 0.412. The highest BCUT2D eigenvalue weighted by molar-refractivity contribution is 5.42. The molecule has 0 aliphatic carbocycles. The molecule has 3 heterocycles. The van der Waals surface area contributed by atoms with Crippen LogP contribution >= 0.6 is 0 Å². The van der Waals surface area contributed by atoms with Gasteiger partial charge in [0.15, 0.2) is 0 Å². The standard InChI is InChI=1S/C17H22N4O/c1-13-5-6-15(20-10-13)16-12-21(8-9-22-16)11-14-4-3-7-19-17(14)18-2/h3-7,10,16H,8-9,11-12H2,1-2H3,(H,18,19)/t16-/m1/s1. The molecule has 22 heavy (non-hydrogen) atoms. The molecular weight excluding hydrogens is 276 g/mol. The Bertz CT molecular complexity index is 614. The molecule has 1 saturated heterocycles. The molecule has 0 unspecified atom stereocenters. The Kier molecular flexibility index (Phi) is 4.65. The molecular formula is C17H22N4O. The Labute approximate surface area is 131 Å². The zero-order chi connectivity index (χ0) is 15.4. The van der Waals surface area contributed by atoms with E-state index in [1.165, 1.54) is 11.1 Å². The molecule has 0 bridgehead atoms. The molecule has 0 saturated carbocycles. The third-order valence-electron chi connectivity index (χ3n) is 3.94. The van der Waals surface area contributed by atoms with Gasteiger partial charge in [0.05, 0.1) is 12.3 Å². The van der Waals surface area contributed by atoms with Gasteiger partial charge in [-0.2, -0.15) is 0 Å². The summed E-state index contributed by atoms with van der Waals surface area (Å²) in [4.78, 5) is 11.3. The number of aromatic nitrogens is 2. The second-order valence-corrected chi connectivity index (χ2v) is 5.62. The summed E-state index contributed by atoms with van der Waals surface area (Å²) in [5, 5.41) is 3.15. The number of hydrogen-bond donors (Lipinski definition) is 1. The number of rotatable bonds is 4. The maximum atomic E-state index is 5.89. The van der Waals surface area contributed by atoms with Crippen LogP contribution in [0.15, 0.2) is 36.7 Å². The van der Waals surface area contributed by atoms with Crippen LogP contribution in [0.1, 0.15) is 22.9 Å². The molecule has 2 aromatic heterocycles. The first-order valence-corrected chi connectivity index (χ1v) is 7.64. The van der Waals surface area contributed by atoms with Gasteiger partial charge in [0.25, 0.3) is 0 Å². The molecule has 0 radical (unpaired) electrons. The number of pyridine rings is 2. The molecule has 116 valence electrons. The van der Waals surface area contributed by atoms with Gasteiger partial charge >= 0.3 is 0 Å². The molecule has 1 aliphatic heterocycles. The lowest BCUT2D eigenvalue weighted by molar-refractivity contribution is -0.0349. The number of nitrogens with zero attached hydrogens (tertiary/aromatic N) is 3. The van der Waals surface area contributed by atoms with Crippen molar-refractivity contribution in [2.75, 3.05) is 32.1 Å². The molecule has 0 spiro atoms. The van der Waals surface area contributed by atoms with Gasteiger partial charge in [-0.1, -0.05) is 12.1 Å². The quantitative estimate of drug-likeness (QED) is 0.939. The van der Waals surface area contributed by atoms with Crippen molar-refractivity contribution in [1.82, 2.24) is 14.9 Å². The fourth-order valence-electron chi connectivity index (χ4n) is 2.73. The SMILES string of the molecule is CNc1ncccc1CN1CCO[C@@H](c2ccc(C)cn2)C1. The van der Waals surface area contributed by atoms with Gasteiger partial charge in [0.2, 0.25) is 0 Å². The summed E-state index contributed by atoms with van der Waals surface area (Å²) in [5.74, 6) is 0.944. The zero-order valence-electron chi connectivity index (χ0n) is 13.1. The maximum Gasteiger partial charge on any atom is 0.130 e. The Balaban J connectivity index is 1.69. The average Bonchev–Trinajstić information content (AvgIpc) is 2.56. The molecule has 5 heteroatoms. The Morgan fingerprint density at radius 3 is 3.00 bits per heavy atom. The highest BCUT2D eigenvalue weighted by atomic mass is 16.5. The van der Waals surface area contributed by atoms with Crippen molar-refractivity contribution in [2.45, 2.75) is 19.6 Å². The van der Waals surface area contributed by atoms with Crippen molar-refractivity contribution in [1.29, 1.82) is 0 Å². The fourth-order valence-corrected chi connectivity index (χ4v) is 2.73. The minimum absolute atomic E-state index is 0.0454. The van der Waals surface area contributed by atoms with Crippen LogP contribution in [-0.4, -0.2) is 41.6 Å². The summed E-state index contributed by atoms with van der Waals surface area (Å²) in [7, 11) is 1.91. The van der Waals surface area contributed by atoms with Gasteiger partial charge in [-0.05, 0) is 24.6 Å². The van der Waals surface area contributed by atoms with Gasteiger partial charge < -0.3 is 10.1 Å². The smallest absolute Gasteiger partial charge is 0.130 e. The number of morpholine rings is 1. The molecule has 3 rings (SSSR count). The number of nitrogens with one attached hydrogen (secondary N) is 1. The molecule has 1 fully saturated rings. The second kappa shape index (κ2) is 6.85. The van der Waals surface area contributed by atoms with Gasteiger partial charge in [-0.25, -0.2) is 4.98 Å². The molecule has 0 amide bonds. The topological polar surface area (TPSA) is 50.3 Å². The average molecular weight is 298 g/mol. The van der Waals surface area contributed by atoms with Crippen LogP contribution in [0.5, 0.6) is 0 Å². The van der Waals surface area contributed by atoms with E-state index in [9.17, 15) is 0 Å². The van der Waals surface area contributed by atoms with Crippen molar-refractivity contribution in [2.24, 2.45) is 0 Å². The van der Waals surface area contributed by atoms with E-state index in [4.69, 9.17) is 4.74 Å². The number of hydrogen-bond acceptors (Lipinski definition) is 5. The van der Waals surface area contributed by atoms with Gasteiger partial charge in [0.1, 0.15) is 11.9 Å². The Morgan fingerprint density at radius 1 is 1.32 bits per heavy atom. The summed E-state index contributed by atoms with van der Waals surface area (Å²) in [5.41, 5.74) is 3.39. The normalized spacial score (nSPS) is 19.1. The number of anilines is 1. The highest BCUT2D eigenvalue weighted by Crippen LogP contribution is 2.23. The van der Waals surface area contributed by atoms with Crippen LogP contribution in [0.2, 0.25) is 0 Å². The van der Waals surface area contributed by atoms with Crippen LogP contribution in [0.25, 0.3) is 0 Å². The zero-order valence-corrected chi connectivity index (χ0v) is 13.1. The minimum atomic E-state index is 0.0454. The van der Waals surface area contributed by atoms with Crippen LogP contribution in [0.3, 0.4) is 0 Å².